The van der Waals surface area contributed by atoms with Gasteiger partial charge in [-0.2, -0.15) is 0 Å². The number of carbonyl (C=O) groups is 7. The number of aliphatic carboxylic acids is 1. The van der Waals surface area contributed by atoms with Crippen molar-refractivity contribution in [1.82, 2.24) is 31.1 Å². The lowest BCUT2D eigenvalue weighted by Gasteiger charge is -2.34. The quantitative estimate of drug-likeness (QED) is 0.0714. The molecule has 6 N–H and O–H groups in total. The second-order valence-corrected chi connectivity index (χ2v) is 15.7. The summed E-state index contributed by atoms with van der Waals surface area (Å²) in [5, 5.41) is 29.8. The molecule has 2 fully saturated rings. The highest BCUT2D eigenvalue weighted by molar-refractivity contribution is 5.96. The van der Waals surface area contributed by atoms with Gasteiger partial charge in [-0.3, -0.25) is 28.9 Å². The van der Waals surface area contributed by atoms with Crippen LogP contribution in [-0.4, -0.2) is 171 Å². The maximum atomic E-state index is 14.3. The minimum atomic E-state index is -1.16. The zero-order valence-electron chi connectivity index (χ0n) is 35.9. The average Bonchev–Trinajstić information content (AvgIpc) is 3.59. The van der Waals surface area contributed by atoms with E-state index < -0.39 is 83.9 Å². The number of fused-ring (bicyclic) bond motifs is 1. The number of aliphatic hydroxyl groups is 1. The van der Waals surface area contributed by atoms with Gasteiger partial charge in [0.05, 0.1) is 39.6 Å². The predicted octanol–water partition coefficient (Wildman–Crippen LogP) is 0.120. The number of ether oxygens (including phenoxy) is 5. The second-order valence-electron chi connectivity index (χ2n) is 15.7. The first-order valence-electron chi connectivity index (χ1n) is 20.7. The van der Waals surface area contributed by atoms with E-state index >= 15 is 0 Å². The van der Waals surface area contributed by atoms with Gasteiger partial charge in [0.2, 0.25) is 29.5 Å². The number of hydrogen-bond acceptors (Lipinski definition) is 13. The highest BCUT2D eigenvalue weighted by atomic mass is 16.6. The summed E-state index contributed by atoms with van der Waals surface area (Å²) >= 11 is 0. The Kier molecular flexibility index (Phi) is 21.3. The first kappa shape index (κ1) is 50.5. The molecule has 20 nitrogen and oxygen atoms in total. The fourth-order valence-corrected chi connectivity index (χ4v) is 7.03. The minimum absolute atomic E-state index is 0.135. The van der Waals surface area contributed by atoms with Crippen molar-refractivity contribution in [3.63, 3.8) is 0 Å². The number of carboxylic acid groups (broad SMARTS) is 1. The van der Waals surface area contributed by atoms with Gasteiger partial charge in [-0.05, 0) is 58.4 Å². The molecule has 0 aromatic heterocycles. The summed E-state index contributed by atoms with van der Waals surface area (Å²) in [7, 11) is 1.45. The van der Waals surface area contributed by atoms with Crippen molar-refractivity contribution in [3.8, 4) is 0 Å². The molecular formula is C41H64N6O14. The zero-order chi connectivity index (χ0) is 45.0. The summed E-state index contributed by atoms with van der Waals surface area (Å²) in [6, 6.07) is 4.22. The molecule has 6 atom stereocenters. The number of rotatable bonds is 25. The highest BCUT2D eigenvalue weighted by Gasteiger charge is 2.48. The largest absolute Gasteiger partial charge is 0.480 e. The number of carboxylic acids is 1. The molecule has 3 rings (SSSR count). The van der Waals surface area contributed by atoms with Gasteiger partial charge in [-0.1, -0.05) is 37.3 Å². The van der Waals surface area contributed by atoms with Crippen LogP contribution >= 0.6 is 0 Å². The Morgan fingerprint density at radius 2 is 1.44 bits per heavy atom. The zero-order valence-corrected chi connectivity index (χ0v) is 35.9. The fraction of sp³-hybridized carbons (Fsp3) is 0.683. The molecule has 0 radical (unpaired) electrons. The minimum Gasteiger partial charge on any atom is -0.480 e. The van der Waals surface area contributed by atoms with Crippen LogP contribution in [0.15, 0.2) is 30.3 Å². The molecule has 6 amide bonds. The van der Waals surface area contributed by atoms with Crippen molar-refractivity contribution in [2.45, 2.75) is 95.6 Å². The van der Waals surface area contributed by atoms with Crippen LogP contribution in [0.5, 0.6) is 0 Å². The van der Waals surface area contributed by atoms with Gasteiger partial charge in [0, 0.05) is 38.7 Å². The van der Waals surface area contributed by atoms with Gasteiger partial charge >= 0.3 is 12.1 Å². The highest BCUT2D eigenvalue weighted by Crippen LogP contribution is 2.34. The van der Waals surface area contributed by atoms with E-state index in [0.29, 0.717) is 31.2 Å². The van der Waals surface area contributed by atoms with Crippen molar-refractivity contribution in [3.05, 3.63) is 35.9 Å². The van der Waals surface area contributed by atoms with Gasteiger partial charge in [-0.25, -0.2) is 9.59 Å². The first-order valence-corrected chi connectivity index (χ1v) is 20.7. The third kappa shape index (κ3) is 16.8. The van der Waals surface area contributed by atoms with Gasteiger partial charge in [0.25, 0.3) is 0 Å². The molecule has 2 aliphatic heterocycles. The molecule has 6 unspecified atom stereocenters. The van der Waals surface area contributed by atoms with Crippen molar-refractivity contribution < 1.29 is 67.5 Å². The van der Waals surface area contributed by atoms with Crippen LogP contribution in [0.3, 0.4) is 0 Å². The normalized spacial score (nSPS) is 19.8. The van der Waals surface area contributed by atoms with E-state index in [2.05, 4.69) is 21.3 Å². The van der Waals surface area contributed by atoms with E-state index in [1.165, 1.54) is 16.8 Å². The monoisotopic (exact) mass is 864 g/mol. The van der Waals surface area contributed by atoms with E-state index in [1.54, 1.807) is 58.0 Å². The number of nitrogens with zero attached hydrogens (tertiary/aromatic N) is 2. The van der Waals surface area contributed by atoms with E-state index in [0.717, 1.165) is 0 Å². The van der Waals surface area contributed by atoms with Gasteiger partial charge in [-0.15, -0.1) is 0 Å². The van der Waals surface area contributed by atoms with Crippen LogP contribution in [0.1, 0.15) is 71.4 Å². The summed E-state index contributed by atoms with van der Waals surface area (Å²) in [5.41, 5.74) is -0.263. The summed E-state index contributed by atoms with van der Waals surface area (Å²) < 4.78 is 26.5. The van der Waals surface area contributed by atoms with Gasteiger partial charge in [0.15, 0.2) is 0 Å². The number of carbonyl (C=O) groups excluding carboxylic acids is 6. The first-order chi connectivity index (χ1) is 29.1. The summed E-state index contributed by atoms with van der Waals surface area (Å²) in [6.45, 7) is 7.40. The molecule has 61 heavy (non-hydrogen) atoms. The molecule has 342 valence electrons. The molecule has 2 aliphatic rings. The van der Waals surface area contributed by atoms with Crippen molar-refractivity contribution >= 4 is 41.6 Å². The number of likely N-dealkylation sites (N-methyl/N-ethyl adjacent to an activating group) is 1. The predicted molar refractivity (Wildman–Crippen MR) is 218 cm³/mol. The van der Waals surface area contributed by atoms with Crippen molar-refractivity contribution in [1.29, 1.82) is 0 Å². The fourth-order valence-electron chi connectivity index (χ4n) is 7.03. The summed E-state index contributed by atoms with van der Waals surface area (Å²) in [5.74, 6) is -4.35. The molecule has 0 spiro atoms. The van der Waals surface area contributed by atoms with Gasteiger partial charge < -0.3 is 60.1 Å². The van der Waals surface area contributed by atoms with Crippen molar-refractivity contribution in [2.75, 3.05) is 79.6 Å². The number of aliphatic hydroxyl groups excluding tert-OH is 1. The second kappa shape index (κ2) is 25.8. The Hall–Kier alpha value is -4.89. The van der Waals surface area contributed by atoms with Crippen LogP contribution in [0, 0.1) is 5.92 Å². The molecular weight excluding hydrogens is 800 g/mol. The Balaban J connectivity index is 1.51. The molecule has 20 heteroatoms. The number of nitrogens with one attached hydrogen (secondary N) is 4. The molecule has 0 bridgehead atoms. The van der Waals surface area contributed by atoms with E-state index in [4.69, 9.17) is 28.8 Å². The van der Waals surface area contributed by atoms with Crippen LogP contribution in [0.25, 0.3) is 0 Å². The molecule has 2 heterocycles. The number of benzene rings is 1. The van der Waals surface area contributed by atoms with Crippen LogP contribution in [-0.2, 0) is 52.5 Å². The van der Waals surface area contributed by atoms with E-state index in [9.17, 15) is 38.7 Å². The summed E-state index contributed by atoms with van der Waals surface area (Å²) in [6.07, 6.45) is 1.30. The van der Waals surface area contributed by atoms with Crippen LogP contribution < -0.4 is 21.3 Å². The Morgan fingerprint density at radius 1 is 0.836 bits per heavy atom. The average molecular weight is 865 g/mol. The van der Waals surface area contributed by atoms with E-state index in [-0.39, 0.29) is 78.4 Å². The smallest absolute Gasteiger partial charge is 0.410 e. The van der Waals surface area contributed by atoms with E-state index in [1.807, 2.05) is 0 Å². The molecule has 1 aromatic rings. The lowest BCUT2D eigenvalue weighted by atomic mass is 9.93. The lowest BCUT2D eigenvalue weighted by molar-refractivity contribution is -0.145. The molecule has 0 saturated carbocycles. The Labute approximate surface area is 356 Å². The van der Waals surface area contributed by atoms with Gasteiger partial charge in [0.1, 0.15) is 43.0 Å². The third-order valence-electron chi connectivity index (χ3n) is 10.0. The molecule has 0 aliphatic carbocycles. The van der Waals surface area contributed by atoms with Crippen LogP contribution in [0.4, 0.5) is 4.79 Å². The maximum absolute atomic E-state index is 14.3. The number of hydrogen-bond donors (Lipinski definition) is 6. The lowest BCUT2D eigenvalue weighted by Crippen LogP contribution is -2.59. The maximum Gasteiger partial charge on any atom is 0.410 e. The third-order valence-corrected chi connectivity index (χ3v) is 10.0. The summed E-state index contributed by atoms with van der Waals surface area (Å²) in [4.78, 5) is 93.0. The molecule has 1 aromatic carbocycles. The Bertz CT molecular complexity index is 1590. The molecule has 2 saturated heterocycles. The van der Waals surface area contributed by atoms with Crippen LogP contribution in [0.2, 0.25) is 0 Å². The topological polar surface area (TPSA) is 261 Å². The SMILES string of the molecule is CCC(C(=O)NC1C(=O)N2C(CCC1CO)CCC2C(=O)NC(C(=O)NCCOCCOCCOCCNC(=O)COCC(=O)O)c1ccccc1)N(C)C(=O)OC(C)(C)C. The number of amides is 6. The Morgan fingerprint density at radius 3 is 2.03 bits per heavy atom. The standard InChI is InChI=1S/C41H64N6O14/c1-6-30(46(5)40(56)61-41(2,3)4)36(52)45-35-28(24-48)12-13-29-14-15-31(47(29)39(35)55)37(53)44-34(27-10-8-7-9-11-27)38(54)43-17-19-58-21-23-59-22-20-57-18-16-42-32(49)25-60-26-33(50)51/h7-11,28-31,34-35,48H,6,12-26H2,1-5H3,(H,42,49)(H,43,54)(H,44,53)(H,45,52)(H,50,51). The van der Waals surface area contributed by atoms with Crippen molar-refractivity contribution in [2.24, 2.45) is 5.92 Å².